The third-order valence-electron chi connectivity index (χ3n) is 1.11. The van der Waals surface area contributed by atoms with Crippen molar-refractivity contribution in [3.63, 3.8) is 0 Å². The summed E-state index contributed by atoms with van der Waals surface area (Å²) in [6, 6.07) is -0.469. The van der Waals surface area contributed by atoms with Gasteiger partial charge >= 0.3 is 6.03 Å². The maximum atomic E-state index is 10.8. The first kappa shape index (κ1) is 7.59. The van der Waals surface area contributed by atoms with E-state index >= 15 is 0 Å². The number of carbonyl (C=O) groups is 2. The molecule has 5 heteroatoms. The molecule has 11 heavy (non-hydrogen) atoms. The van der Waals surface area contributed by atoms with Crippen LogP contribution < -0.4 is 10.6 Å². The third kappa shape index (κ3) is 1.70. The number of hydrogen-bond acceptors (Lipinski definition) is 3. The molecule has 2 N–H and O–H groups in total. The van der Waals surface area contributed by atoms with E-state index in [-0.39, 0.29) is 11.6 Å². The summed E-state index contributed by atoms with van der Waals surface area (Å²) in [5, 5.41) is 4.44. The zero-order chi connectivity index (χ0) is 8.43. The van der Waals surface area contributed by atoms with Crippen LogP contribution in [0, 0.1) is 0 Å². The van der Waals surface area contributed by atoms with Crippen molar-refractivity contribution in [1.29, 1.82) is 0 Å². The fourth-order valence-electron chi connectivity index (χ4n) is 0.730. The lowest BCUT2D eigenvalue weighted by molar-refractivity contribution is -0.115. The minimum Gasteiger partial charge on any atom is -0.382 e. The van der Waals surface area contributed by atoms with E-state index < -0.39 is 6.03 Å². The smallest absolute Gasteiger partial charge is 0.326 e. The number of imide groups is 1. The molecule has 3 amide bonds. The Morgan fingerprint density at radius 2 is 1.91 bits per heavy atom. The lowest BCUT2D eigenvalue weighted by Crippen LogP contribution is -2.22. The van der Waals surface area contributed by atoms with Crippen LogP contribution in [0.1, 0.15) is 0 Å². The average Bonchev–Trinajstić information content (AvgIpc) is 2.09. The van der Waals surface area contributed by atoms with Crippen LogP contribution in [0.5, 0.6) is 0 Å². The number of urea groups is 1. The molecule has 0 aliphatic carbocycles. The van der Waals surface area contributed by atoms with Crippen LogP contribution in [0.25, 0.3) is 0 Å². The van der Waals surface area contributed by atoms with Gasteiger partial charge in [0.1, 0.15) is 5.70 Å². The molecule has 1 saturated heterocycles. The van der Waals surface area contributed by atoms with Crippen LogP contribution in [-0.4, -0.2) is 30.9 Å². The minimum absolute atomic E-state index is 0.278. The summed E-state index contributed by atoms with van der Waals surface area (Å²) >= 11 is 0. The van der Waals surface area contributed by atoms with Crippen LogP contribution in [0.2, 0.25) is 0 Å². The molecular weight excluding hydrogens is 146 g/mol. The fraction of sp³-hybridized carbons (Fsp3) is 0.333. The van der Waals surface area contributed by atoms with Crippen molar-refractivity contribution in [2.45, 2.75) is 0 Å². The van der Waals surface area contributed by atoms with Gasteiger partial charge in [-0.2, -0.15) is 0 Å². The van der Waals surface area contributed by atoms with Gasteiger partial charge in [-0.15, -0.1) is 0 Å². The summed E-state index contributed by atoms with van der Waals surface area (Å²) in [7, 11) is 3.54. The highest BCUT2D eigenvalue weighted by atomic mass is 16.2. The summed E-state index contributed by atoms with van der Waals surface area (Å²) in [6.45, 7) is 0. The number of carbonyl (C=O) groups excluding carboxylic acids is 2. The minimum atomic E-state index is -0.469. The standard InChI is InChI=1S/C6H9N3O2/c1-9(2)3-4-5(10)8-6(11)7-4/h3H,1-2H3,(H2,7,8,10,11). The van der Waals surface area contributed by atoms with Gasteiger partial charge in [-0.25, -0.2) is 4.79 Å². The van der Waals surface area contributed by atoms with E-state index in [0.29, 0.717) is 0 Å². The summed E-state index contributed by atoms with van der Waals surface area (Å²) in [4.78, 5) is 23.1. The molecule has 0 unspecified atom stereocenters. The Bertz CT molecular complexity index is 232. The van der Waals surface area contributed by atoms with Crippen LogP contribution in [0.3, 0.4) is 0 Å². The fourth-order valence-corrected chi connectivity index (χ4v) is 0.730. The molecule has 0 atom stereocenters. The molecule has 0 saturated carbocycles. The van der Waals surface area contributed by atoms with Gasteiger partial charge < -0.3 is 10.2 Å². The van der Waals surface area contributed by atoms with Gasteiger partial charge in [0, 0.05) is 20.3 Å². The van der Waals surface area contributed by atoms with E-state index in [1.54, 1.807) is 25.2 Å². The second kappa shape index (κ2) is 2.61. The zero-order valence-corrected chi connectivity index (χ0v) is 6.34. The van der Waals surface area contributed by atoms with Gasteiger partial charge in [0.15, 0.2) is 0 Å². The first-order valence-electron chi connectivity index (χ1n) is 3.10. The summed E-state index contributed by atoms with van der Waals surface area (Å²) < 4.78 is 0. The Kier molecular flexibility index (Phi) is 1.80. The molecule has 0 aromatic heterocycles. The molecule has 1 heterocycles. The molecule has 60 valence electrons. The van der Waals surface area contributed by atoms with Gasteiger partial charge in [-0.1, -0.05) is 0 Å². The first-order valence-corrected chi connectivity index (χ1v) is 3.10. The van der Waals surface area contributed by atoms with Crippen molar-refractivity contribution in [3.8, 4) is 0 Å². The number of amides is 3. The van der Waals surface area contributed by atoms with Crippen molar-refractivity contribution in [2.24, 2.45) is 0 Å². The topological polar surface area (TPSA) is 61.4 Å². The van der Waals surface area contributed by atoms with E-state index in [1.807, 2.05) is 0 Å². The molecule has 0 bridgehead atoms. The largest absolute Gasteiger partial charge is 0.382 e. The normalized spacial score (nSPS) is 20.0. The summed E-state index contributed by atoms with van der Waals surface area (Å²) in [5.74, 6) is -0.385. The van der Waals surface area contributed by atoms with Crippen molar-refractivity contribution < 1.29 is 9.59 Å². The Morgan fingerprint density at radius 3 is 2.27 bits per heavy atom. The van der Waals surface area contributed by atoms with E-state index in [0.717, 1.165) is 0 Å². The van der Waals surface area contributed by atoms with Gasteiger partial charge in [0.25, 0.3) is 5.91 Å². The predicted octanol–water partition coefficient (Wildman–Crippen LogP) is -0.771. The van der Waals surface area contributed by atoms with Crippen molar-refractivity contribution >= 4 is 11.9 Å². The number of hydrogen-bond donors (Lipinski definition) is 2. The number of nitrogens with one attached hydrogen (secondary N) is 2. The molecule has 0 radical (unpaired) electrons. The van der Waals surface area contributed by atoms with E-state index in [1.165, 1.54) is 0 Å². The average molecular weight is 155 g/mol. The Labute approximate surface area is 64.1 Å². The monoisotopic (exact) mass is 155 g/mol. The van der Waals surface area contributed by atoms with E-state index in [9.17, 15) is 9.59 Å². The van der Waals surface area contributed by atoms with Crippen LogP contribution >= 0.6 is 0 Å². The molecule has 0 aromatic carbocycles. The van der Waals surface area contributed by atoms with Gasteiger partial charge in [0.05, 0.1) is 0 Å². The predicted molar refractivity (Wildman–Crippen MR) is 38.4 cm³/mol. The van der Waals surface area contributed by atoms with Crippen molar-refractivity contribution in [1.82, 2.24) is 15.5 Å². The summed E-state index contributed by atoms with van der Waals surface area (Å²) in [6.07, 6.45) is 1.54. The maximum Gasteiger partial charge on any atom is 0.326 e. The number of nitrogens with zero attached hydrogens (tertiary/aromatic N) is 1. The molecule has 1 rings (SSSR count). The maximum absolute atomic E-state index is 10.8. The zero-order valence-electron chi connectivity index (χ0n) is 6.34. The molecule has 1 fully saturated rings. The Balaban J connectivity index is 2.75. The second-order valence-electron chi connectivity index (χ2n) is 2.41. The molecule has 0 spiro atoms. The highest BCUT2D eigenvalue weighted by Crippen LogP contribution is 1.96. The third-order valence-corrected chi connectivity index (χ3v) is 1.11. The van der Waals surface area contributed by atoms with E-state index in [4.69, 9.17) is 0 Å². The SMILES string of the molecule is CN(C)C=C1NC(=O)NC1=O. The first-order chi connectivity index (χ1) is 5.09. The van der Waals surface area contributed by atoms with Crippen molar-refractivity contribution in [2.75, 3.05) is 14.1 Å². The highest BCUT2D eigenvalue weighted by molar-refractivity contribution is 6.11. The molecule has 0 aromatic rings. The van der Waals surface area contributed by atoms with Gasteiger partial charge in [-0.3, -0.25) is 10.1 Å². The van der Waals surface area contributed by atoms with Crippen LogP contribution in [0.15, 0.2) is 11.9 Å². The molecule has 1 aliphatic heterocycles. The van der Waals surface area contributed by atoms with Crippen molar-refractivity contribution in [3.05, 3.63) is 11.9 Å². The summed E-state index contributed by atoms with van der Waals surface area (Å²) in [5.41, 5.74) is 0.278. The molecule has 5 nitrogen and oxygen atoms in total. The van der Waals surface area contributed by atoms with Crippen LogP contribution in [0.4, 0.5) is 4.79 Å². The van der Waals surface area contributed by atoms with Gasteiger partial charge in [-0.05, 0) is 0 Å². The van der Waals surface area contributed by atoms with Crippen LogP contribution in [-0.2, 0) is 4.79 Å². The Morgan fingerprint density at radius 1 is 1.27 bits per heavy atom. The lowest BCUT2D eigenvalue weighted by atomic mass is 10.4. The number of rotatable bonds is 1. The van der Waals surface area contributed by atoms with E-state index in [2.05, 4.69) is 10.6 Å². The highest BCUT2D eigenvalue weighted by Gasteiger charge is 2.22. The second-order valence-corrected chi connectivity index (χ2v) is 2.41. The Hall–Kier alpha value is -1.52. The molecule has 1 aliphatic rings. The molecular formula is C6H9N3O2. The quantitative estimate of drug-likeness (QED) is 0.386. The van der Waals surface area contributed by atoms with Gasteiger partial charge in [0.2, 0.25) is 0 Å². The lowest BCUT2D eigenvalue weighted by Gasteiger charge is -2.04.